The zero-order chi connectivity index (χ0) is 11.7. The van der Waals surface area contributed by atoms with Crippen LogP contribution in [0.1, 0.15) is 0 Å². The summed E-state index contributed by atoms with van der Waals surface area (Å²) in [5, 5.41) is 8.57. The first-order chi connectivity index (χ1) is 6.99. The van der Waals surface area contributed by atoms with Gasteiger partial charge in [0, 0.05) is 19.0 Å². The molecule has 0 heterocycles. The summed E-state index contributed by atoms with van der Waals surface area (Å²) in [5.41, 5.74) is 0. The molecule has 0 bridgehead atoms. The van der Waals surface area contributed by atoms with Gasteiger partial charge in [0.2, 0.25) is 0 Å². The van der Waals surface area contributed by atoms with Gasteiger partial charge in [-0.1, -0.05) is 0 Å². The van der Waals surface area contributed by atoms with E-state index in [1.165, 1.54) is 0 Å². The third-order valence-corrected chi connectivity index (χ3v) is 1.75. The Hall–Kier alpha value is -0.0400. The summed E-state index contributed by atoms with van der Waals surface area (Å²) in [6, 6.07) is 0. The Labute approximate surface area is 91.8 Å². The maximum atomic E-state index is 12.0. The molecule has 0 aliphatic heterocycles. The van der Waals surface area contributed by atoms with E-state index in [0.717, 1.165) is 4.90 Å². The summed E-state index contributed by atoms with van der Waals surface area (Å²) in [6.45, 7) is -0.701. The van der Waals surface area contributed by atoms with Gasteiger partial charge >= 0.3 is 6.18 Å². The fourth-order valence-electron chi connectivity index (χ4n) is 1.02. The summed E-state index contributed by atoms with van der Waals surface area (Å²) < 4.78 is 41.0. The van der Waals surface area contributed by atoms with E-state index >= 15 is 0 Å². The Morgan fingerprint density at radius 2 is 1.87 bits per heavy atom. The minimum Gasteiger partial charge on any atom is -0.395 e. The van der Waals surface area contributed by atoms with Gasteiger partial charge < -0.3 is 9.84 Å². The molecule has 3 nitrogen and oxygen atoms in total. The molecular weight excluding hydrogens is 235 g/mol. The first kappa shape index (κ1) is 15.0. The average Bonchev–Trinajstić information content (AvgIpc) is 2.10. The summed E-state index contributed by atoms with van der Waals surface area (Å²) in [5.74, 6) is 0.319. The third-order valence-electron chi connectivity index (χ3n) is 1.59. The largest absolute Gasteiger partial charge is 0.401 e. The van der Waals surface area contributed by atoms with Crippen LogP contribution in [0.5, 0.6) is 0 Å². The van der Waals surface area contributed by atoms with E-state index in [4.69, 9.17) is 21.4 Å². The lowest BCUT2D eigenvalue weighted by Gasteiger charge is -2.22. The number of ether oxygens (including phenoxy) is 1. The Morgan fingerprint density at radius 1 is 1.20 bits per heavy atom. The van der Waals surface area contributed by atoms with Gasteiger partial charge in [-0.05, 0) is 0 Å². The number of alkyl halides is 4. The molecule has 0 unspecified atom stereocenters. The van der Waals surface area contributed by atoms with Crippen LogP contribution in [-0.2, 0) is 4.74 Å². The van der Waals surface area contributed by atoms with Crippen LogP contribution in [-0.4, -0.2) is 61.5 Å². The maximum Gasteiger partial charge on any atom is 0.401 e. The van der Waals surface area contributed by atoms with Crippen molar-refractivity contribution in [2.75, 3.05) is 45.3 Å². The Bertz CT molecular complexity index is 157. The fraction of sp³-hybridized carbons (Fsp3) is 1.00. The second-order valence-electron chi connectivity index (χ2n) is 2.92. The van der Waals surface area contributed by atoms with E-state index in [1.54, 1.807) is 0 Å². The smallest absolute Gasteiger partial charge is 0.395 e. The van der Waals surface area contributed by atoms with Crippen molar-refractivity contribution >= 4 is 11.6 Å². The highest BCUT2D eigenvalue weighted by molar-refractivity contribution is 6.17. The first-order valence-electron chi connectivity index (χ1n) is 4.53. The summed E-state index contributed by atoms with van der Waals surface area (Å²) >= 11 is 5.33. The maximum absolute atomic E-state index is 12.0. The van der Waals surface area contributed by atoms with Gasteiger partial charge in [0.25, 0.3) is 0 Å². The van der Waals surface area contributed by atoms with Gasteiger partial charge in [-0.3, -0.25) is 4.90 Å². The lowest BCUT2D eigenvalue weighted by molar-refractivity contribution is -0.148. The van der Waals surface area contributed by atoms with Crippen LogP contribution in [0.15, 0.2) is 0 Å². The lowest BCUT2D eigenvalue weighted by Crippen LogP contribution is -2.38. The van der Waals surface area contributed by atoms with Crippen molar-refractivity contribution in [1.82, 2.24) is 4.90 Å². The predicted molar refractivity (Wildman–Crippen MR) is 51.1 cm³/mol. The molecule has 0 saturated heterocycles. The van der Waals surface area contributed by atoms with Crippen LogP contribution >= 0.6 is 11.6 Å². The van der Waals surface area contributed by atoms with Crippen molar-refractivity contribution in [1.29, 1.82) is 0 Å². The minimum atomic E-state index is -4.25. The molecule has 1 N–H and O–H groups in total. The number of hydrogen-bond acceptors (Lipinski definition) is 3. The summed E-state index contributed by atoms with van der Waals surface area (Å²) in [6.07, 6.45) is -4.25. The molecule has 0 fully saturated rings. The van der Waals surface area contributed by atoms with E-state index in [-0.39, 0.29) is 26.3 Å². The molecule has 92 valence electrons. The quantitative estimate of drug-likeness (QED) is 0.517. The summed E-state index contributed by atoms with van der Waals surface area (Å²) in [7, 11) is 0. The average molecular weight is 250 g/mol. The van der Waals surface area contributed by atoms with E-state index in [0.29, 0.717) is 12.5 Å². The number of rotatable bonds is 8. The van der Waals surface area contributed by atoms with Crippen molar-refractivity contribution in [2.45, 2.75) is 6.18 Å². The molecule has 7 heteroatoms. The lowest BCUT2D eigenvalue weighted by atomic mass is 10.4. The molecule has 0 atom stereocenters. The number of halogens is 4. The molecule has 0 saturated carbocycles. The molecule has 0 radical (unpaired) electrons. The monoisotopic (exact) mass is 249 g/mol. The molecule has 0 rings (SSSR count). The fourth-order valence-corrected chi connectivity index (χ4v) is 1.12. The van der Waals surface area contributed by atoms with Crippen LogP contribution in [0.4, 0.5) is 13.2 Å². The van der Waals surface area contributed by atoms with E-state index in [2.05, 4.69) is 0 Å². The van der Waals surface area contributed by atoms with Gasteiger partial charge in [0.1, 0.15) is 0 Å². The first-order valence-corrected chi connectivity index (χ1v) is 5.06. The molecule has 0 aromatic heterocycles. The highest BCUT2D eigenvalue weighted by atomic mass is 35.5. The third kappa shape index (κ3) is 10.2. The Balaban J connectivity index is 3.73. The predicted octanol–water partition coefficient (Wildman–Crippen LogP) is 1.10. The van der Waals surface area contributed by atoms with Crippen LogP contribution in [0.25, 0.3) is 0 Å². The molecule has 0 aliphatic carbocycles. The molecule has 15 heavy (non-hydrogen) atoms. The summed E-state index contributed by atoms with van der Waals surface area (Å²) in [4.78, 5) is 1.09. The molecule has 0 spiro atoms. The van der Waals surface area contributed by atoms with Gasteiger partial charge in [-0.15, -0.1) is 11.6 Å². The van der Waals surface area contributed by atoms with Gasteiger partial charge in [-0.2, -0.15) is 13.2 Å². The van der Waals surface area contributed by atoms with E-state index in [1.807, 2.05) is 0 Å². The van der Waals surface area contributed by atoms with Crippen LogP contribution in [0.2, 0.25) is 0 Å². The minimum absolute atomic E-state index is 0.0102. The van der Waals surface area contributed by atoms with Crippen LogP contribution < -0.4 is 0 Å². The van der Waals surface area contributed by atoms with Gasteiger partial charge in [0.15, 0.2) is 0 Å². The molecular formula is C8H15ClF3NO2. The molecule has 0 aromatic carbocycles. The van der Waals surface area contributed by atoms with Crippen molar-refractivity contribution < 1.29 is 23.0 Å². The van der Waals surface area contributed by atoms with Crippen LogP contribution in [0, 0.1) is 0 Å². The second kappa shape index (κ2) is 8.15. The normalized spacial score (nSPS) is 12.4. The van der Waals surface area contributed by atoms with Crippen molar-refractivity contribution in [3.63, 3.8) is 0 Å². The zero-order valence-electron chi connectivity index (χ0n) is 8.26. The van der Waals surface area contributed by atoms with Gasteiger partial charge in [-0.25, -0.2) is 0 Å². The standard InChI is InChI=1S/C8H15ClF3NO2/c9-1-5-15-6-3-13(2-4-14)7-8(10,11)12/h14H,1-7H2. The van der Waals surface area contributed by atoms with Crippen molar-refractivity contribution in [3.8, 4) is 0 Å². The number of aliphatic hydroxyl groups is 1. The molecule has 0 aromatic rings. The second-order valence-corrected chi connectivity index (χ2v) is 3.29. The van der Waals surface area contributed by atoms with E-state index < -0.39 is 12.7 Å². The highest BCUT2D eigenvalue weighted by Crippen LogP contribution is 2.15. The Kier molecular flexibility index (Phi) is 8.13. The van der Waals surface area contributed by atoms with Crippen molar-refractivity contribution in [2.24, 2.45) is 0 Å². The molecule has 0 aliphatic rings. The van der Waals surface area contributed by atoms with Crippen LogP contribution in [0.3, 0.4) is 0 Å². The molecule has 0 amide bonds. The SMILES string of the molecule is OCCN(CCOCCCl)CC(F)(F)F. The van der Waals surface area contributed by atoms with Gasteiger partial charge in [0.05, 0.1) is 26.4 Å². The van der Waals surface area contributed by atoms with E-state index in [9.17, 15) is 13.2 Å². The topological polar surface area (TPSA) is 32.7 Å². The number of hydrogen-bond donors (Lipinski definition) is 1. The number of nitrogens with zero attached hydrogens (tertiary/aromatic N) is 1. The Morgan fingerprint density at radius 3 is 2.33 bits per heavy atom. The zero-order valence-corrected chi connectivity index (χ0v) is 9.02. The number of aliphatic hydroxyl groups excluding tert-OH is 1. The highest BCUT2D eigenvalue weighted by Gasteiger charge is 2.30. The van der Waals surface area contributed by atoms with Crippen molar-refractivity contribution in [3.05, 3.63) is 0 Å².